The number of carbonyl (C=O) groups excluding carboxylic acids is 1. The summed E-state index contributed by atoms with van der Waals surface area (Å²) in [5, 5.41) is 3.29. The van der Waals surface area contributed by atoms with Crippen LogP contribution in [0.3, 0.4) is 0 Å². The van der Waals surface area contributed by atoms with Crippen molar-refractivity contribution < 1.29 is 4.79 Å². The van der Waals surface area contributed by atoms with Crippen LogP contribution in [0.4, 0.5) is 5.95 Å². The van der Waals surface area contributed by atoms with Gasteiger partial charge >= 0.3 is 0 Å². The van der Waals surface area contributed by atoms with E-state index >= 15 is 0 Å². The Bertz CT molecular complexity index is 742. The van der Waals surface area contributed by atoms with Crippen LogP contribution in [0, 0.1) is 25.7 Å². The number of carbonyl (C=O) groups is 1. The molecule has 1 saturated carbocycles. The quantitative estimate of drug-likeness (QED) is 0.675. The van der Waals surface area contributed by atoms with Crippen molar-refractivity contribution in [3.05, 3.63) is 53.4 Å². The third kappa shape index (κ3) is 8.13. The number of rotatable bonds is 5. The zero-order valence-corrected chi connectivity index (χ0v) is 19.1. The number of allylic oxidation sites excluding steroid dienone is 6. The van der Waals surface area contributed by atoms with E-state index in [1.54, 1.807) is 0 Å². The van der Waals surface area contributed by atoms with Crippen LogP contribution in [0.25, 0.3) is 0 Å². The van der Waals surface area contributed by atoms with Crippen LogP contribution >= 0.6 is 0 Å². The highest BCUT2D eigenvalue weighted by Gasteiger charge is 2.23. The zero-order valence-electron chi connectivity index (χ0n) is 19.1. The molecule has 5 nitrogen and oxygen atoms in total. The summed E-state index contributed by atoms with van der Waals surface area (Å²) in [5.74, 6) is 2.21. The van der Waals surface area contributed by atoms with Crippen LogP contribution in [-0.4, -0.2) is 40.9 Å². The van der Waals surface area contributed by atoms with Crippen molar-refractivity contribution in [1.29, 1.82) is 0 Å². The van der Waals surface area contributed by atoms with Crippen molar-refractivity contribution in [3.63, 3.8) is 0 Å². The highest BCUT2D eigenvalue weighted by Crippen LogP contribution is 2.37. The molecule has 1 aromatic heterocycles. The molecule has 0 atom stereocenters. The maximum atomic E-state index is 10.6. The smallest absolute Gasteiger partial charge is 0.222 e. The molecule has 0 unspecified atom stereocenters. The molecule has 1 amide bonds. The number of nitrogens with zero attached hydrogens (tertiary/aromatic N) is 3. The van der Waals surface area contributed by atoms with E-state index in [4.69, 9.17) is 0 Å². The molecule has 1 N–H and O–H groups in total. The van der Waals surface area contributed by atoms with E-state index in [0.29, 0.717) is 11.9 Å². The lowest BCUT2D eigenvalue weighted by molar-refractivity contribution is -0.119. The first-order valence-corrected chi connectivity index (χ1v) is 11.4. The number of hydrogen-bond acceptors (Lipinski definition) is 4. The normalized spacial score (nSPS) is 18.3. The maximum Gasteiger partial charge on any atom is 0.222 e. The van der Waals surface area contributed by atoms with Crippen molar-refractivity contribution in [2.45, 2.75) is 59.8 Å². The summed E-state index contributed by atoms with van der Waals surface area (Å²) in [4.78, 5) is 21.1. The molecular weight excluding hydrogens is 372 g/mol. The molecule has 164 valence electrons. The summed E-state index contributed by atoms with van der Waals surface area (Å²) >= 11 is 0. The molecule has 5 heteroatoms. The number of aryl methyl sites for hydroxylation is 2. The minimum absolute atomic E-state index is 0.603. The third-order valence-electron chi connectivity index (χ3n) is 5.63. The molecule has 30 heavy (non-hydrogen) atoms. The van der Waals surface area contributed by atoms with E-state index in [0.717, 1.165) is 62.5 Å². The van der Waals surface area contributed by atoms with Crippen molar-refractivity contribution in [2.24, 2.45) is 11.8 Å². The van der Waals surface area contributed by atoms with Crippen LogP contribution in [0.5, 0.6) is 0 Å². The molecular formula is C25H38N4O. The van der Waals surface area contributed by atoms with Crippen LogP contribution < -0.4 is 5.32 Å². The minimum atomic E-state index is 0.603. The Hall–Kier alpha value is -2.43. The Kier molecular flexibility index (Phi) is 10.3. The molecule has 1 saturated heterocycles. The first kappa shape index (κ1) is 23.8. The highest BCUT2D eigenvalue weighted by molar-refractivity contribution is 5.47. The van der Waals surface area contributed by atoms with Crippen molar-refractivity contribution in [1.82, 2.24) is 14.9 Å². The standard InChI is InChI=1S/C13H20N4O.C10H12.C2H6/c1-10-7-14-13(16-11(10)2)15-8-12-3-5-17(9-18)6-4-12;1-2-4-6-9(5-3-1)10-7-8-10;1-2/h7,9,12H,3-6,8H2,1-2H3,(H,14,15,16);1,3-6,10H,2,7-8H2;1-2H3. The second-order valence-electron chi connectivity index (χ2n) is 7.93. The van der Waals surface area contributed by atoms with Crippen molar-refractivity contribution in [2.75, 3.05) is 25.0 Å². The summed E-state index contributed by atoms with van der Waals surface area (Å²) < 4.78 is 0. The predicted molar refractivity (Wildman–Crippen MR) is 125 cm³/mol. The molecule has 0 spiro atoms. The number of likely N-dealkylation sites (tertiary alicyclic amines) is 1. The third-order valence-corrected chi connectivity index (χ3v) is 5.63. The van der Waals surface area contributed by atoms with Gasteiger partial charge in [0.05, 0.1) is 0 Å². The van der Waals surface area contributed by atoms with E-state index < -0.39 is 0 Å². The predicted octanol–water partition coefficient (Wildman–Crippen LogP) is 5.24. The van der Waals surface area contributed by atoms with Gasteiger partial charge in [-0.05, 0) is 68.9 Å². The van der Waals surface area contributed by atoms with Gasteiger partial charge in [0.15, 0.2) is 0 Å². The Labute approximate surface area is 182 Å². The summed E-state index contributed by atoms with van der Waals surface area (Å²) in [6, 6.07) is 0. The first-order valence-electron chi connectivity index (χ1n) is 11.4. The fourth-order valence-electron chi connectivity index (χ4n) is 3.40. The average Bonchev–Trinajstić information content (AvgIpc) is 3.64. The number of anilines is 1. The monoisotopic (exact) mass is 410 g/mol. The number of hydrogen-bond donors (Lipinski definition) is 1. The number of piperidine rings is 1. The fraction of sp³-hybridized carbons (Fsp3) is 0.560. The topological polar surface area (TPSA) is 58.1 Å². The fourth-order valence-corrected chi connectivity index (χ4v) is 3.40. The molecule has 0 radical (unpaired) electrons. The van der Waals surface area contributed by atoms with E-state index in [9.17, 15) is 4.79 Å². The lowest BCUT2D eigenvalue weighted by Gasteiger charge is -2.29. The van der Waals surface area contributed by atoms with Crippen LogP contribution in [0.2, 0.25) is 0 Å². The van der Waals surface area contributed by atoms with Gasteiger partial charge in [-0.15, -0.1) is 0 Å². The number of aromatic nitrogens is 2. The van der Waals surface area contributed by atoms with Gasteiger partial charge in [0.25, 0.3) is 0 Å². The minimum Gasteiger partial charge on any atom is -0.354 e. The van der Waals surface area contributed by atoms with Crippen molar-refractivity contribution >= 4 is 12.4 Å². The Morgan fingerprint density at radius 3 is 2.50 bits per heavy atom. The largest absolute Gasteiger partial charge is 0.354 e. The van der Waals surface area contributed by atoms with Gasteiger partial charge in [-0.1, -0.05) is 44.2 Å². The highest BCUT2D eigenvalue weighted by atomic mass is 16.1. The summed E-state index contributed by atoms with van der Waals surface area (Å²) in [5.41, 5.74) is 3.66. The molecule has 1 aliphatic heterocycles. The molecule has 0 bridgehead atoms. The lowest BCUT2D eigenvalue weighted by Crippen LogP contribution is -2.34. The SMILES string of the molecule is C1=CCC=CC(C2CC2)=C1.CC.Cc1cnc(NCC2CCN(C=O)CC2)nc1C. The summed E-state index contributed by atoms with van der Waals surface area (Å²) in [7, 11) is 0. The Morgan fingerprint density at radius 2 is 1.87 bits per heavy atom. The van der Waals surface area contributed by atoms with E-state index in [1.807, 2.05) is 38.8 Å². The Balaban J connectivity index is 0.000000224. The molecule has 0 aromatic carbocycles. The molecule has 2 fully saturated rings. The summed E-state index contributed by atoms with van der Waals surface area (Å²) in [6.45, 7) is 10.6. The van der Waals surface area contributed by atoms with Crippen LogP contribution in [0.15, 0.2) is 42.2 Å². The van der Waals surface area contributed by atoms with Gasteiger partial charge in [0.1, 0.15) is 0 Å². The number of nitrogens with one attached hydrogen (secondary N) is 1. The molecule has 1 aromatic rings. The molecule has 2 heterocycles. The Morgan fingerprint density at radius 1 is 1.13 bits per heavy atom. The first-order chi connectivity index (χ1) is 14.7. The van der Waals surface area contributed by atoms with Gasteiger partial charge in [-0.3, -0.25) is 4.79 Å². The van der Waals surface area contributed by atoms with Crippen LogP contribution in [-0.2, 0) is 4.79 Å². The molecule has 2 aliphatic carbocycles. The van der Waals surface area contributed by atoms with Gasteiger partial charge in [-0.25, -0.2) is 9.97 Å². The number of amides is 1. The van der Waals surface area contributed by atoms with E-state index in [1.165, 1.54) is 18.4 Å². The van der Waals surface area contributed by atoms with Gasteiger partial charge < -0.3 is 10.2 Å². The lowest BCUT2D eigenvalue weighted by atomic mass is 9.97. The maximum absolute atomic E-state index is 10.6. The average molecular weight is 411 g/mol. The van der Waals surface area contributed by atoms with E-state index in [2.05, 4.69) is 45.7 Å². The van der Waals surface area contributed by atoms with Crippen molar-refractivity contribution in [3.8, 4) is 0 Å². The second kappa shape index (κ2) is 13.0. The second-order valence-corrected chi connectivity index (χ2v) is 7.93. The van der Waals surface area contributed by atoms with Gasteiger partial charge in [0, 0.05) is 31.5 Å². The van der Waals surface area contributed by atoms with Gasteiger partial charge in [0.2, 0.25) is 12.4 Å². The molecule has 4 rings (SSSR count). The van der Waals surface area contributed by atoms with Gasteiger partial charge in [-0.2, -0.15) is 0 Å². The van der Waals surface area contributed by atoms with Crippen LogP contribution in [0.1, 0.15) is 57.2 Å². The summed E-state index contributed by atoms with van der Waals surface area (Å²) in [6.07, 6.45) is 20.0. The molecule has 3 aliphatic rings. The van der Waals surface area contributed by atoms with E-state index in [-0.39, 0.29) is 0 Å². The zero-order chi connectivity index (χ0) is 21.8.